The van der Waals surface area contributed by atoms with E-state index in [1.54, 1.807) is 0 Å². The second kappa shape index (κ2) is 4.14. The summed E-state index contributed by atoms with van der Waals surface area (Å²) in [7, 11) is 1.47. The van der Waals surface area contributed by atoms with Crippen molar-refractivity contribution in [1.29, 1.82) is 0 Å². The van der Waals surface area contributed by atoms with Crippen LogP contribution >= 0.6 is 0 Å². The van der Waals surface area contributed by atoms with Gasteiger partial charge < -0.3 is 9.47 Å². The zero-order chi connectivity index (χ0) is 16.9. The van der Waals surface area contributed by atoms with E-state index < -0.39 is 11.0 Å². The molecule has 0 N–H and O–H groups in total. The van der Waals surface area contributed by atoms with Crippen LogP contribution in [0.3, 0.4) is 0 Å². The molecule has 24 heavy (non-hydrogen) atoms. The Hall–Kier alpha value is -1.58. The van der Waals surface area contributed by atoms with Gasteiger partial charge in [-0.15, -0.1) is 0 Å². The summed E-state index contributed by atoms with van der Waals surface area (Å²) in [5.74, 6) is 0.0377. The van der Waals surface area contributed by atoms with Crippen LogP contribution < -0.4 is 0 Å². The number of hydrogen-bond acceptors (Lipinski definition) is 4. The number of allylic oxidation sites excluding steroid dienone is 2. The summed E-state index contributed by atoms with van der Waals surface area (Å²) in [4.78, 5) is 25.7. The van der Waals surface area contributed by atoms with E-state index in [-0.39, 0.29) is 35.1 Å². The average molecular weight is 328 g/mol. The first-order valence-corrected chi connectivity index (χ1v) is 9.06. The molecule has 5 rings (SSSR count). The zero-order valence-corrected chi connectivity index (χ0v) is 14.3. The molecule has 7 atom stereocenters. The summed E-state index contributed by atoms with van der Waals surface area (Å²) in [5.41, 5.74) is -0.0933. The Balaban J connectivity index is 1.76. The fourth-order valence-electron chi connectivity index (χ4n) is 7.26. The van der Waals surface area contributed by atoms with Gasteiger partial charge in [0.15, 0.2) is 0 Å². The third-order valence-electron chi connectivity index (χ3n) is 8.04. The number of methoxy groups -OCH3 is 1. The lowest BCUT2D eigenvalue weighted by Crippen LogP contribution is -2.44. The second-order valence-corrected chi connectivity index (χ2v) is 8.84. The van der Waals surface area contributed by atoms with Crippen LogP contribution in [0.1, 0.15) is 39.0 Å². The predicted octanol–water partition coefficient (Wildman–Crippen LogP) is 3.03. The molecule has 0 radical (unpaired) electrons. The number of ether oxygens (including phenoxy) is 2. The molecule has 128 valence electrons. The van der Waals surface area contributed by atoms with Crippen LogP contribution in [0, 0.1) is 34.5 Å². The van der Waals surface area contributed by atoms with Crippen LogP contribution in [0.15, 0.2) is 24.3 Å². The third kappa shape index (κ3) is 1.32. The number of carbonyl (C=O) groups excluding carboxylic acids is 2. The highest BCUT2D eigenvalue weighted by Crippen LogP contribution is 2.76. The van der Waals surface area contributed by atoms with E-state index in [0.29, 0.717) is 12.3 Å². The summed E-state index contributed by atoms with van der Waals surface area (Å²) in [6, 6.07) is 0. The summed E-state index contributed by atoms with van der Waals surface area (Å²) in [6.07, 6.45) is 8.83. The smallest absolute Gasteiger partial charge is 0.313 e. The van der Waals surface area contributed by atoms with Gasteiger partial charge in [-0.25, -0.2) is 0 Å². The van der Waals surface area contributed by atoms with E-state index in [2.05, 4.69) is 18.7 Å². The van der Waals surface area contributed by atoms with Gasteiger partial charge in [0.1, 0.15) is 5.60 Å². The van der Waals surface area contributed by atoms with Gasteiger partial charge in [-0.3, -0.25) is 9.59 Å². The number of fused-ring (bicyclic) bond motifs is 1. The lowest BCUT2D eigenvalue weighted by atomic mass is 9.62. The second-order valence-electron chi connectivity index (χ2n) is 8.84. The van der Waals surface area contributed by atoms with E-state index in [1.807, 2.05) is 6.92 Å². The molecule has 4 nitrogen and oxygen atoms in total. The standard InChI is InChI=1S/C20H24O4/c1-11-9-19-10-12(11)5-6-13(19)20-8-4-7-18(2,17(22)24-20)15(20)14(19)16(21)23-3/h4,8,12-15H,1,5-7,9-10H2,2-3H3/t12-,13-,14-,15-,18?,19+,20-/m1/s1. The molecular formula is C20H24O4. The molecule has 4 aliphatic carbocycles. The Kier molecular flexibility index (Phi) is 2.55. The van der Waals surface area contributed by atoms with Crippen LogP contribution in [0.2, 0.25) is 0 Å². The van der Waals surface area contributed by atoms with Crippen molar-refractivity contribution >= 4 is 11.9 Å². The molecule has 1 saturated heterocycles. The van der Waals surface area contributed by atoms with E-state index in [9.17, 15) is 9.59 Å². The molecule has 1 spiro atoms. The summed E-state index contributed by atoms with van der Waals surface area (Å²) < 4.78 is 11.4. The zero-order valence-electron chi connectivity index (χ0n) is 14.3. The van der Waals surface area contributed by atoms with Gasteiger partial charge >= 0.3 is 11.9 Å². The minimum absolute atomic E-state index is 0.107. The first-order valence-electron chi connectivity index (χ1n) is 9.06. The molecule has 1 unspecified atom stereocenters. The summed E-state index contributed by atoms with van der Waals surface area (Å²) >= 11 is 0. The molecule has 4 bridgehead atoms. The topological polar surface area (TPSA) is 52.6 Å². The van der Waals surface area contributed by atoms with Crippen molar-refractivity contribution in [1.82, 2.24) is 0 Å². The first kappa shape index (κ1) is 14.7. The Morgan fingerprint density at radius 1 is 1.42 bits per heavy atom. The Morgan fingerprint density at radius 3 is 2.96 bits per heavy atom. The van der Waals surface area contributed by atoms with Crippen LogP contribution in [-0.2, 0) is 19.1 Å². The minimum atomic E-state index is -0.613. The quantitative estimate of drug-likeness (QED) is 0.548. The maximum atomic E-state index is 12.9. The Labute approximate surface area is 142 Å². The Bertz CT molecular complexity index is 708. The summed E-state index contributed by atoms with van der Waals surface area (Å²) in [6.45, 7) is 6.29. The normalized spacial score (nSPS) is 53.6. The number of esters is 2. The molecule has 0 aromatic carbocycles. The highest BCUT2D eigenvalue weighted by Gasteiger charge is 2.81. The molecule has 0 aromatic rings. The largest absolute Gasteiger partial charge is 0.469 e. The van der Waals surface area contributed by atoms with Crippen LogP contribution in [0.25, 0.3) is 0 Å². The number of rotatable bonds is 1. The van der Waals surface area contributed by atoms with Gasteiger partial charge in [-0.2, -0.15) is 0 Å². The van der Waals surface area contributed by atoms with Crippen LogP contribution in [-0.4, -0.2) is 24.6 Å². The fourth-order valence-corrected chi connectivity index (χ4v) is 7.26. The average Bonchev–Trinajstić information content (AvgIpc) is 2.99. The number of hydrogen-bond donors (Lipinski definition) is 0. The van der Waals surface area contributed by atoms with Crippen LogP contribution in [0.5, 0.6) is 0 Å². The Morgan fingerprint density at radius 2 is 2.21 bits per heavy atom. The van der Waals surface area contributed by atoms with Crippen molar-refractivity contribution in [2.24, 2.45) is 34.5 Å². The van der Waals surface area contributed by atoms with Crippen molar-refractivity contribution in [3.63, 3.8) is 0 Å². The maximum Gasteiger partial charge on any atom is 0.313 e. The van der Waals surface area contributed by atoms with Crippen molar-refractivity contribution in [3.05, 3.63) is 24.3 Å². The van der Waals surface area contributed by atoms with Crippen molar-refractivity contribution in [2.45, 2.75) is 44.6 Å². The van der Waals surface area contributed by atoms with Gasteiger partial charge in [0, 0.05) is 11.8 Å². The predicted molar refractivity (Wildman–Crippen MR) is 86.7 cm³/mol. The number of carbonyl (C=O) groups is 2. The van der Waals surface area contributed by atoms with Crippen LogP contribution in [0.4, 0.5) is 0 Å². The third-order valence-corrected chi connectivity index (χ3v) is 8.04. The van der Waals surface area contributed by atoms with Gasteiger partial charge in [-0.05, 0) is 56.4 Å². The SMILES string of the molecule is C=C1C[C@]23C[C@H]1CC[C@H]2[C@@]12C=CCC(C)(C(=O)O1)[C@H]2[C@@H]3C(=O)OC. The molecule has 1 aliphatic heterocycles. The van der Waals surface area contributed by atoms with Crippen molar-refractivity contribution in [2.75, 3.05) is 7.11 Å². The fraction of sp³-hybridized carbons (Fsp3) is 0.700. The van der Waals surface area contributed by atoms with E-state index >= 15 is 0 Å². The molecule has 3 saturated carbocycles. The molecule has 1 heterocycles. The van der Waals surface area contributed by atoms with Crippen molar-refractivity contribution < 1.29 is 19.1 Å². The summed E-state index contributed by atoms with van der Waals surface area (Å²) in [5, 5.41) is 0. The van der Waals surface area contributed by atoms with E-state index in [1.165, 1.54) is 12.7 Å². The maximum absolute atomic E-state index is 12.9. The van der Waals surface area contributed by atoms with E-state index in [4.69, 9.17) is 9.47 Å². The molecule has 4 fully saturated rings. The molecule has 0 aromatic heterocycles. The van der Waals surface area contributed by atoms with Gasteiger partial charge in [0.2, 0.25) is 0 Å². The lowest BCUT2D eigenvalue weighted by molar-refractivity contribution is -0.159. The van der Waals surface area contributed by atoms with Crippen molar-refractivity contribution in [3.8, 4) is 0 Å². The van der Waals surface area contributed by atoms with Gasteiger partial charge in [0.05, 0.1) is 18.4 Å². The molecule has 0 amide bonds. The van der Waals surface area contributed by atoms with Gasteiger partial charge in [0.25, 0.3) is 0 Å². The highest BCUT2D eigenvalue weighted by atomic mass is 16.6. The molecule has 4 heteroatoms. The minimum Gasteiger partial charge on any atom is -0.469 e. The monoisotopic (exact) mass is 328 g/mol. The molecular weight excluding hydrogens is 304 g/mol. The molecule has 5 aliphatic rings. The van der Waals surface area contributed by atoms with Gasteiger partial charge in [-0.1, -0.05) is 18.2 Å². The first-order chi connectivity index (χ1) is 11.4. The highest BCUT2D eigenvalue weighted by molar-refractivity contribution is 5.86. The lowest BCUT2D eigenvalue weighted by Gasteiger charge is -2.42. The van der Waals surface area contributed by atoms with E-state index in [0.717, 1.165) is 25.7 Å².